The van der Waals surface area contributed by atoms with Crippen LogP contribution in [0, 0.1) is 0 Å². The minimum Gasteiger partial charge on any atom is -0.481 e. The molecule has 1 unspecified atom stereocenters. The van der Waals surface area contributed by atoms with Gasteiger partial charge in [-0.3, -0.25) is 9.59 Å². The van der Waals surface area contributed by atoms with Crippen molar-refractivity contribution < 1.29 is 24.2 Å². The summed E-state index contributed by atoms with van der Waals surface area (Å²) >= 11 is 0. The Kier molecular flexibility index (Phi) is 7.43. The molecule has 1 atom stereocenters. The van der Waals surface area contributed by atoms with Crippen molar-refractivity contribution in [3.05, 3.63) is 59.7 Å². The molecule has 1 fully saturated rings. The number of carboxylic acid groups (broad SMARTS) is 1. The van der Waals surface area contributed by atoms with Gasteiger partial charge in [0.05, 0.1) is 6.42 Å². The van der Waals surface area contributed by atoms with Crippen molar-refractivity contribution in [1.82, 2.24) is 10.2 Å². The highest BCUT2D eigenvalue weighted by atomic mass is 16.5. The third-order valence-corrected chi connectivity index (χ3v) is 7.41. The van der Waals surface area contributed by atoms with Crippen molar-refractivity contribution in [2.75, 3.05) is 13.2 Å². The van der Waals surface area contributed by atoms with E-state index in [4.69, 9.17) is 4.74 Å². The molecule has 2 aromatic carbocycles. The van der Waals surface area contributed by atoms with Crippen LogP contribution in [0.2, 0.25) is 0 Å². The fraction of sp³-hybridized carbons (Fsp3) is 0.464. The number of nitrogens with one attached hydrogen (secondary N) is 1. The van der Waals surface area contributed by atoms with Gasteiger partial charge in [0.2, 0.25) is 5.91 Å². The molecule has 186 valence electrons. The van der Waals surface area contributed by atoms with E-state index in [1.807, 2.05) is 31.2 Å². The highest BCUT2D eigenvalue weighted by molar-refractivity contribution is 5.90. The monoisotopic (exact) mass is 478 g/mol. The number of aliphatic carboxylic acids is 1. The Morgan fingerprint density at radius 3 is 2.14 bits per heavy atom. The Hall–Kier alpha value is -3.35. The van der Waals surface area contributed by atoms with Crippen molar-refractivity contribution in [3.63, 3.8) is 0 Å². The number of carboxylic acids is 1. The fourth-order valence-electron chi connectivity index (χ4n) is 5.67. The maximum Gasteiger partial charge on any atom is 0.408 e. The number of carbonyl (C=O) groups is 3. The summed E-state index contributed by atoms with van der Waals surface area (Å²) in [6, 6.07) is 15.8. The average Bonchev–Trinajstić information content (AvgIpc) is 3.17. The Balaban J connectivity index is 1.49. The number of ether oxygens (including phenoxy) is 1. The molecule has 2 N–H and O–H groups in total. The molecule has 2 aromatic rings. The molecule has 1 saturated carbocycles. The third-order valence-electron chi connectivity index (χ3n) is 7.41. The van der Waals surface area contributed by atoms with Crippen LogP contribution in [-0.2, 0) is 14.3 Å². The predicted molar refractivity (Wildman–Crippen MR) is 133 cm³/mol. The molecular weight excluding hydrogens is 444 g/mol. The van der Waals surface area contributed by atoms with Gasteiger partial charge in [-0.15, -0.1) is 0 Å². The number of benzene rings is 2. The zero-order valence-electron chi connectivity index (χ0n) is 20.5. The summed E-state index contributed by atoms with van der Waals surface area (Å²) in [6.07, 6.45) is 2.93. The summed E-state index contributed by atoms with van der Waals surface area (Å²) in [5.74, 6) is -1.23. The summed E-state index contributed by atoms with van der Waals surface area (Å²) < 4.78 is 5.74. The first-order valence-electron chi connectivity index (χ1n) is 12.5. The first kappa shape index (κ1) is 24.8. The molecule has 2 amide bonds. The molecule has 0 aromatic heterocycles. The van der Waals surface area contributed by atoms with E-state index in [1.54, 1.807) is 11.8 Å². The second kappa shape index (κ2) is 10.5. The molecule has 2 aliphatic rings. The lowest BCUT2D eigenvalue weighted by Crippen LogP contribution is -2.62. The van der Waals surface area contributed by atoms with E-state index in [0.717, 1.165) is 41.5 Å². The zero-order chi connectivity index (χ0) is 25.0. The van der Waals surface area contributed by atoms with E-state index in [-0.39, 0.29) is 24.9 Å². The van der Waals surface area contributed by atoms with Crippen LogP contribution >= 0.6 is 0 Å². The van der Waals surface area contributed by atoms with Crippen molar-refractivity contribution >= 4 is 18.0 Å². The zero-order valence-corrected chi connectivity index (χ0v) is 20.5. The summed E-state index contributed by atoms with van der Waals surface area (Å²) in [5.41, 5.74) is 3.50. The minimum atomic E-state index is -1.07. The lowest BCUT2D eigenvalue weighted by atomic mass is 9.80. The van der Waals surface area contributed by atoms with Crippen LogP contribution in [0.5, 0.6) is 0 Å². The molecule has 7 heteroatoms. The van der Waals surface area contributed by atoms with Crippen molar-refractivity contribution in [1.29, 1.82) is 0 Å². The van der Waals surface area contributed by atoms with Crippen molar-refractivity contribution in [2.45, 2.75) is 69.9 Å². The van der Waals surface area contributed by atoms with Crippen LogP contribution in [0.15, 0.2) is 48.5 Å². The van der Waals surface area contributed by atoms with Crippen LogP contribution in [0.25, 0.3) is 11.1 Å². The predicted octanol–water partition coefficient (Wildman–Crippen LogP) is 4.94. The molecule has 7 nitrogen and oxygen atoms in total. The summed E-state index contributed by atoms with van der Waals surface area (Å²) in [5, 5.41) is 12.1. The fourth-order valence-corrected chi connectivity index (χ4v) is 5.67. The van der Waals surface area contributed by atoms with Gasteiger partial charge in [0.1, 0.15) is 12.1 Å². The second-order valence-electron chi connectivity index (χ2n) is 9.63. The summed E-state index contributed by atoms with van der Waals surface area (Å²) in [6.45, 7) is 4.12. The Morgan fingerprint density at radius 1 is 1.03 bits per heavy atom. The number of carbonyl (C=O) groups excluding carboxylic acids is 2. The van der Waals surface area contributed by atoms with E-state index < -0.39 is 23.6 Å². The van der Waals surface area contributed by atoms with Gasteiger partial charge < -0.3 is 20.1 Å². The SMILES string of the molecule is CCN(C(=O)C1(NC(=O)OCC2c3ccccc3-c3ccccc32)CCCCC1)C(C)CC(=O)O. The lowest BCUT2D eigenvalue weighted by molar-refractivity contribution is -0.144. The topological polar surface area (TPSA) is 95.9 Å². The Labute approximate surface area is 206 Å². The van der Waals surface area contributed by atoms with Gasteiger partial charge in [-0.1, -0.05) is 67.8 Å². The summed E-state index contributed by atoms with van der Waals surface area (Å²) in [4.78, 5) is 39.5. The Morgan fingerprint density at radius 2 is 1.60 bits per heavy atom. The summed E-state index contributed by atoms with van der Waals surface area (Å²) in [7, 11) is 0. The highest BCUT2D eigenvalue weighted by Crippen LogP contribution is 2.44. The smallest absolute Gasteiger partial charge is 0.408 e. The van der Waals surface area contributed by atoms with Gasteiger partial charge in [0.15, 0.2) is 0 Å². The van der Waals surface area contributed by atoms with E-state index >= 15 is 0 Å². The molecular formula is C28H34N2O5. The normalized spacial score (nSPS) is 17.1. The van der Waals surface area contributed by atoms with Crippen molar-refractivity contribution in [2.24, 2.45) is 0 Å². The van der Waals surface area contributed by atoms with E-state index in [1.165, 1.54) is 0 Å². The van der Waals surface area contributed by atoms with Gasteiger partial charge >= 0.3 is 12.1 Å². The standard InChI is InChI=1S/C28H34N2O5/c1-3-30(19(2)17-25(31)32)26(33)28(15-9-4-10-16-28)29-27(34)35-18-24-22-13-7-5-11-20(22)21-12-6-8-14-23(21)24/h5-8,11-14,19,24H,3-4,9-10,15-18H2,1-2H3,(H,29,34)(H,31,32). The number of likely N-dealkylation sites (N-methyl/N-ethyl adjacent to an activating group) is 1. The number of fused-ring (bicyclic) bond motifs is 3. The number of hydrogen-bond donors (Lipinski definition) is 2. The largest absolute Gasteiger partial charge is 0.481 e. The number of amides is 2. The molecule has 2 aliphatic carbocycles. The second-order valence-corrected chi connectivity index (χ2v) is 9.63. The first-order valence-corrected chi connectivity index (χ1v) is 12.5. The Bertz CT molecular complexity index is 1050. The van der Waals surface area contributed by atoms with Crippen LogP contribution in [0.1, 0.15) is 69.4 Å². The number of alkyl carbamates (subject to hydrolysis) is 1. The first-order chi connectivity index (χ1) is 16.9. The number of rotatable bonds is 8. The van der Waals surface area contributed by atoms with Gasteiger partial charge in [-0.25, -0.2) is 4.79 Å². The number of hydrogen-bond acceptors (Lipinski definition) is 4. The highest BCUT2D eigenvalue weighted by Gasteiger charge is 2.45. The molecule has 0 heterocycles. The molecule has 0 radical (unpaired) electrons. The molecule has 4 rings (SSSR count). The minimum absolute atomic E-state index is 0.0612. The van der Waals surface area contributed by atoms with Crippen LogP contribution in [-0.4, -0.2) is 52.7 Å². The van der Waals surface area contributed by atoms with Gasteiger partial charge in [-0.05, 0) is 48.9 Å². The molecule has 0 spiro atoms. The van der Waals surface area contributed by atoms with Crippen molar-refractivity contribution in [3.8, 4) is 11.1 Å². The van der Waals surface area contributed by atoms with E-state index in [0.29, 0.717) is 19.4 Å². The van der Waals surface area contributed by atoms with E-state index in [9.17, 15) is 19.5 Å². The quantitative estimate of drug-likeness (QED) is 0.560. The van der Waals surface area contributed by atoms with Crippen LogP contribution in [0.3, 0.4) is 0 Å². The maximum atomic E-state index is 13.7. The van der Waals surface area contributed by atoms with Crippen LogP contribution in [0.4, 0.5) is 4.79 Å². The number of nitrogens with zero attached hydrogens (tertiary/aromatic N) is 1. The van der Waals surface area contributed by atoms with Crippen LogP contribution < -0.4 is 5.32 Å². The molecule has 0 aliphatic heterocycles. The van der Waals surface area contributed by atoms with E-state index in [2.05, 4.69) is 29.6 Å². The molecule has 0 saturated heterocycles. The maximum absolute atomic E-state index is 13.7. The average molecular weight is 479 g/mol. The third kappa shape index (κ3) is 5.04. The molecule has 0 bridgehead atoms. The van der Waals surface area contributed by atoms with Gasteiger partial charge in [0.25, 0.3) is 0 Å². The lowest BCUT2D eigenvalue weighted by Gasteiger charge is -2.41. The molecule has 35 heavy (non-hydrogen) atoms. The van der Waals surface area contributed by atoms with Gasteiger partial charge in [0, 0.05) is 18.5 Å². The van der Waals surface area contributed by atoms with Gasteiger partial charge in [-0.2, -0.15) is 0 Å².